The number of hydrogen-bond acceptors (Lipinski definition) is 8. The highest BCUT2D eigenvalue weighted by atomic mass is 35.5. The molecule has 160 valence electrons. The lowest BCUT2D eigenvalue weighted by atomic mass is 10.2. The summed E-state index contributed by atoms with van der Waals surface area (Å²) in [5, 5.41) is 13.1. The number of benzene rings is 1. The van der Waals surface area contributed by atoms with Crippen molar-refractivity contribution in [3.05, 3.63) is 64.9 Å². The van der Waals surface area contributed by atoms with Crippen molar-refractivity contribution in [3.63, 3.8) is 0 Å². The first-order chi connectivity index (χ1) is 15.5. The van der Waals surface area contributed by atoms with Crippen LogP contribution in [0, 0.1) is 6.92 Å². The van der Waals surface area contributed by atoms with Gasteiger partial charge in [0.25, 0.3) is 5.24 Å². The highest BCUT2D eigenvalue weighted by Gasteiger charge is 2.16. The largest absolute Gasteiger partial charge is 0.497 e. The number of methoxy groups -OCH3 is 1. The van der Waals surface area contributed by atoms with E-state index < -0.39 is 5.24 Å². The molecule has 10 heteroatoms. The van der Waals surface area contributed by atoms with E-state index in [9.17, 15) is 4.79 Å². The zero-order valence-corrected chi connectivity index (χ0v) is 18.6. The van der Waals surface area contributed by atoms with Crippen molar-refractivity contribution >= 4 is 44.7 Å². The first-order valence-electron chi connectivity index (χ1n) is 9.59. The fraction of sp³-hybridized carbons (Fsp3) is 0.136. The van der Waals surface area contributed by atoms with Gasteiger partial charge in [0.1, 0.15) is 30.1 Å². The molecule has 0 spiro atoms. The predicted molar refractivity (Wildman–Crippen MR) is 122 cm³/mol. The van der Waals surface area contributed by atoms with E-state index in [4.69, 9.17) is 21.1 Å². The third-order valence-electron chi connectivity index (χ3n) is 4.99. The number of ether oxygens (including phenoxy) is 2. The van der Waals surface area contributed by atoms with Gasteiger partial charge in [-0.1, -0.05) is 0 Å². The number of rotatable bonds is 6. The van der Waals surface area contributed by atoms with Crippen molar-refractivity contribution in [2.24, 2.45) is 0 Å². The smallest absolute Gasteiger partial charge is 0.262 e. The van der Waals surface area contributed by atoms with E-state index >= 15 is 0 Å². The van der Waals surface area contributed by atoms with E-state index in [0.29, 0.717) is 22.0 Å². The normalized spacial score (nSPS) is 11.2. The number of aromatic nitrogens is 5. The van der Waals surface area contributed by atoms with Gasteiger partial charge in [-0.2, -0.15) is 9.61 Å². The van der Waals surface area contributed by atoms with Crippen LogP contribution in [0.15, 0.2) is 48.9 Å². The molecule has 0 N–H and O–H groups in total. The summed E-state index contributed by atoms with van der Waals surface area (Å²) in [6.45, 7) is 2.09. The van der Waals surface area contributed by atoms with Gasteiger partial charge in [0.15, 0.2) is 5.65 Å². The number of aryl methyl sites for hydroxylation is 1. The van der Waals surface area contributed by atoms with Gasteiger partial charge in [-0.15, -0.1) is 21.5 Å². The summed E-state index contributed by atoms with van der Waals surface area (Å²) in [7, 11) is 1.62. The van der Waals surface area contributed by atoms with Gasteiger partial charge in [-0.25, -0.2) is 0 Å². The zero-order chi connectivity index (χ0) is 22.2. The molecule has 0 unspecified atom stereocenters. The number of carbonyl (C=O) groups excluding carboxylic acids is 1. The topological polar surface area (TPSA) is 91.5 Å². The SMILES string of the molecule is COc1ccc2c(OCc3cc(-c4cc(C)c(C(=O)Cl)s4)nn4cnnc34)ccnc2c1. The maximum Gasteiger partial charge on any atom is 0.262 e. The minimum absolute atomic E-state index is 0.245. The molecule has 0 aliphatic carbocycles. The highest BCUT2D eigenvalue weighted by Crippen LogP contribution is 2.33. The Morgan fingerprint density at radius 2 is 2.09 bits per heavy atom. The number of fused-ring (bicyclic) bond motifs is 2. The van der Waals surface area contributed by atoms with E-state index in [2.05, 4.69) is 20.3 Å². The summed E-state index contributed by atoms with van der Waals surface area (Å²) in [5.74, 6) is 1.42. The summed E-state index contributed by atoms with van der Waals surface area (Å²) in [4.78, 5) is 17.4. The number of pyridine rings is 1. The summed E-state index contributed by atoms with van der Waals surface area (Å²) >= 11 is 7.00. The molecular weight excluding hydrogens is 450 g/mol. The molecule has 8 nitrogen and oxygen atoms in total. The Morgan fingerprint density at radius 1 is 1.22 bits per heavy atom. The highest BCUT2D eigenvalue weighted by molar-refractivity contribution is 7.19. The Kier molecular flexibility index (Phi) is 5.20. The average molecular weight is 466 g/mol. The van der Waals surface area contributed by atoms with E-state index in [1.165, 1.54) is 17.7 Å². The van der Waals surface area contributed by atoms with Gasteiger partial charge >= 0.3 is 0 Å². The second-order valence-corrected chi connectivity index (χ2v) is 8.43. The van der Waals surface area contributed by atoms with Gasteiger partial charge < -0.3 is 9.47 Å². The molecular formula is C22H16ClN5O3S. The molecule has 0 aliphatic heterocycles. The van der Waals surface area contributed by atoms with Crippen LogP contribution in [0.25, 0.3) is 27.1 Å². The Balaban J connectivity index is 1.51. The molecule has 0 amide bonds. The lowest BCUT2D eigenvalue weighted by Crippen LogP contribution is -2.03. The quantitative estimate of drug-likeness (QED) is 0.336. The average Bonchev–Trinajstić information content (AvgIpc) is 3.43. The van der Waals surface area contributed by atoms with E-state index in [1.807, 2.05) is 43.3 Å². The number of hydrogen-bond donors (Lipinski definition) is 0. The molecule has 4 aromatic heterocycles. The van der Waals surface area contributed by atoms with Gasteiger partial charge in [-0.3, -0.25) is 9.78 Å². The van der Waals surface area contributed by atoms with Gasteiger partial charge in [0.05, 0.1) is 22.4 Å². The Morgan fingerprint density at radius 3 is 2.88 bits per heavy atom. The molecule has 0 bridgehead atoms. The lowest BCUT2D eigenvalue weighted by Gasteiger charge is -2.11. The monoisotopic (exact) mass is 465 g/mol. The molecule has 0 aliphatic rings. The molecule has 0 atom stereocenters. The van der Waals surface area contributed by atoms with Crippen LogP contribution in [0.1, 0.15) is 20.8 Å². The minimum Gasteiger partial charge on any atom is -0.497 e. The molecule has 0 fully saturated rings. The maximum atomic E-state index is 11.7. The molecule has 32 heavy (non-hydrogen) atoms. The van der Waals surface area contributed by atoms with Crippen LogP contribution in [0.4, 0.5) is 0 Å². The van der Waals surface area contributed by atoms with Crippen molar-refractivity contribution < 1.29 is 14.3 Å². The second-order valence-electron chi connectivity index (χ2n) is 7.03. The predicted octanol–water partition coefficient (Wildman–Crippen LogP) is 4.68. The fourth-order valence-electron chi connectivity index (χ4n) is 3.43. The fourth-order valence-corrected chi connectivity index (χ4v) is 4.65. The summed E-state index contributed by atoms with van der Waals surface area (Å²) in [6.07, 6.45) is 3.23. The summed E-state index contributed by atoms with van der Waals surface area (Å²) in [5.41, 5.74) is 3.66. The zero-order valence-electron chi connectivity index (χ0n) is 17.1. The van der Waals surface area contributed by atoms with Crippen LogP contribution >= 0.6 is 22.9 Å². The molecule has 1 aromatic carbocycles. The van der Waals surface area contributed by atoms with Crippen molar-refractivity contribution in [2.75, 3.05) is 7.11 Å². The Bertz CT molecular complexity index is 1480. The van der Waals surface area contributed by atoms with Crippen LogP contribution in [0.5, 0.6) is 11.5 Å². The van der Waals surface area contributed by atoms with Crippen molar-refractivity contribution in [1.82, 2.24) is 24.8 Å². The van der Waals surface area contributed by atoms with Crippen LogP contribution in [0.2, 0.25) is 0 Å². The van der Waals surface area contributed by atoms with Crippen molar-refractivity contribution in [2.45, 2.75) is 13.5 Å². The number of halogens is 1. The molecule has 0 radical (unpaired) electrons. The number of carbonyl (C=O) groups is 1. The Labute approximate surface area is 191 Å². The third kappa shape index (κ3) is 3.65. The first kappa shape index (κ1) is 20.3. The number of nitrogens with zero attached hydrogens (tertiary/aromatic N) is 5. The van der Waals surface area contributed by atoms with Crippen LogP contribution in [-0.2, 0) is 6.61 Å². The van der Waals surface area contributed by atoms with Crippen molar-refractivity contribution in [1.29, 1.82) is 0 Å². The van der Waals surface area contributed by atoms with Crippen LogP contribution in [-0.4, -0.2) is 37.1 Å². The maximum absolute atomic E-state index is 11.7. The van der Waals surface area contributed by atoms with Gasteiger partial charge in [0.2, 0.25) is 0 Å². The molecule has 5 aromatic rings. The minimum atomic E-state index is -0.478. The molecule has 4 heterocycles. The molecule has 0 saturated heterocycles. The second kappa shape index (κ2) is 8.18. The van der Waals surface area contributed by atoms with Crippen LogP contribution < -0.4 is 9.47 Å². The molecule has 0 saturated carbocycles. The van der Waals surface area contributed by atoms with Gasteiger partial charge in [-0.05, 0) is 54.4 Å². The first-order valence-corrected chi connectivity index (χ1v) is 10.8. The summed E-state index contributed by atoms with van der Waals surface area (Å²) < 4.78 is 13.0. The van der Waals surface area contributed by atoms with E-state index in [-0.39, 0.29) is 6.61 Å². The van der Waals surface area contributed by atoms with E-state index in [1.54, 1.807) is 17.8 Å². The lowest BCUT2D eigenvalue weighted by molar-refractivity contribution is 0.108. The summed E-state index contributed by atoms with van der Waals surface area (Å²) in [6, 6.07) is 11.3. The number of thiophene rings is 1. The van der Waals surface area contributed by atoms with Gasteiger partial charge in [0, 0.05) is 23.2 Å². The third-order valence-corrected chi connectivity index (χ3v) is 6.55. The van der Waals surface area contributed by atoms with Crippen LogP contribution in [0.3, 0.4) is 0 Å². The Hall–Kier alpha value is -3.56. The standard InChI is InChI=1S/C22H16ClN5O3S/c1-12-7-19(32-20(12)21(23)29)17-8-13(22-26-25-11-28(22)27-17)10-31-18-5-6-24-16-9-14(30-2)3-4-15(16)18/h3-9,11H,10H2,1-2H3. The van der Waals surface area contributed by atoms with E-state index in [0.717, 1.165) is 32.7 Å². The molecule has 5 rings (SSSR count). The van der Waals surface area contributed by atoms with Crippen molar-refractivity contribution in [3.8, 4) is 22.1 Å².